The number of allylic oxidation sites excluding steroid dienone is 1. The molecule has 7 heteroatoms. The van der Waals surface area contributed by atoms with Crippen LogP contribution in [-0.4, -0.2) is 31.0 Å². The van der Waals surface area contributed by atoms with Crippen LogP contribution < -0.4 is 0 Å². The van der Waals surface area contributed by atoms with Crippen LogP contribution in [0.4, 0.5) is 0 Å². The van der Waals surface area contributed by atoms with E-state index in [9.17, 15) is 18.0 Å². The Bertz CT molecular complexity index is 823. The molecule has 1 aliphatic rings. The van der Waals surface area contributed by atoms with Crippen molar-refractivity contribution in [1.82, 2.24) is 4.31 Å². The van der Waals surface area contributed by atoms with Crippen molar-refractivity contribution < 1.29 is 22.7 Å². The zero-order valence-corrected chi connectivity index (χ0v) is 14.4. The third-order valence-electron chi connectivity index (χ3n) is 3.46. The predicted octanol–water partition coefficient (Wildman–Crippen LogP) is 2.48. The lowest BCUT2D eigenvalue weighted by Crippen LogP contribution is -2.38. The number of ether oxygens (including phenoxy) is 1. The van der Waals surface area contributed by atoms with E-state index in [0.717, 1.165) is 4.31 Å². The molecule has 1 aromatic rings. The predicted molar refractivity (Wildman–Crippen MR) is 89.1 cm³/mol. The van der Waals surface area contributed by atoms with Crippen LogP contribution in [0.2, 0.25) is 0 Å². The molecule has 1 heterocycles. The highest BCUT2D eigenvalue weighted by atomic mass is 32.2. The number of fused-ring (bicyclic) bond motifs is 1. The van der Waals surface area contributed by atoms with Crippen molar-refractivity contribution >= 4 is 27.5 Å². The van der Waals surface area contributed by atoms with Crippen molar-refractivity contribution in [2.45, 2.75) is 31.6 Å². The van der Waals surface area contributed by atoms with Crippen LogP contribution in [0.5, 0.6) is 0 Å². The van der Waals surface area contributed by atoms with Gasteiger partial charge in [0.2, 0.25) is 0 Å². The van der Waals surface area contributed by atoms with Crippen molar-refractivity contribution in [3.05, 3.63) is 48.2 Å². The molecule has 2 rings (SSSR count). The van der Waals surface area contributed by atoms with Gasteiger partial charge in [-0.2, -0.15) is 0 Å². The van der Waals surface area contributed by atoms with Gasteiger partial charge < -0.3 is 4.74 Å². The minimum absolute atomic E-state index is 0.00357. The molecule has 0 unspecified atom stereocenters. The zero-order valence-electron chi connectivity index (χ0n) is 13.6. The Morgan fingerprint density at radius 1 is 1.29 bits per heavy atom. The van der Waals surface area contributed by atoms with Gasteiger partial charge in [0.1, 0.15) is 5.70 Å². The Hall–Kier alpha value is -2.41. The van der Waals surface area contributed by atoms with Crippen LogP contribution in [0.15, 0.2) is 47.5 Å². The Balaban J connectivity index is 2.75. The summed E-state index contributed by atoms with van der Waals surface area (Å²) in [6.07, 6.45) is 2.13. The zero-order chi connectivity index (χ0) is 17.9. The van der Waals surface area contributed by atoms with Crippen molar-refractivity contribution in [2.24, 2.45) is 0 Å². The second kappa shape index (κ2) is 7.00. The normalized spacial score (nSPS) is 15.7. The summed E-state index contributed by atoms with van der Waals surface area (Å²) in [5, 5.41) is 0. The molecular weight excluding hydrogens is 330 g/mol. The van der Waals surface area contributed by atoms with E-state index in [1.54, 1.807) is 12.1 Å². The average molecular weight is 349 g/mol. The first-order valence-corrected chi connectivity index (χ1v) is 8.97. The van der Waals surface area contributed by atoms with E-state index in [-0.39, 0.29) is 34.9 Å². The van der Waals surface area contributed by atoms with E-state index in [4.69, 9.17) is 4.74 Å². The molecule has 0 saturated carbocycles. The fourth-order valence-electron chi connectivity index (χ4n) is 2.47. The largest absolute Gasteiger partial charge is 0.423 e. The van der Waals surface area contributed by atoms with Crippen LogP contribution in [0.25, 0.3) is 5.76 Å². The average Bonchev–Trinajstić information content (AvgIpc) is 2.52. The number of ketones is 1. The van der Waals surface area contributed by atoms with Crippen molar-refractivity contribution in [2.75, 3.05) is 6.54 Å². The number of carbonyl (C=O) groups is 2. The van der Waals surface area contributed by atoms with Crippen LogP contribution in [0.1, 0.15) is 32.3 Å². The Morgan fingerprint density at radius 2 is 1.96 bits per heavy atom. The Morgan fingerprint density at radius 3 is 2.54 bits per heavy atom. The van der Waals surface area contributed by atoms with Crippen LogP contribution in [0.3, 0.4) is 0 Å². The second-order valence-electron chi connectivity index (χ2n) is 5.28. The first-order chi connectivity index (χ1) is 11.3. The molecule has 0 aromatic heterocycles. The molecule has 0 aliphatic carbocycles. The monoisotopic (exact) mass is 349 g/mol. The van der Waals surface area contributed by atoms with E-state index in [1.807, 2.05) is 6.92 Å². The van der Waals surface area contributed by atoms with Gasteiger partial charge in [-0.15, -0.1) is 6.58 Å². The number of sulfonamides is 1. The molecule has 0 bridgehead atoms. The number of hydrogen-bond acceptors (Lipinski definition) is 5. The first kappa shape index (κ1) is 17.9. The van der Waals surface area contributed by atoms with Crippen LogP contribution >= 0.6 is 0 Å². The van der Waals surface area contributed by atoms with Gasteiger partial charge in [0, 0.05) is 18.9 Å². The molecule has 128 valence electrons. The molecule has 0 amide bonds. The number of Topliss-reactive ketones (excluding diaryl/α,β-unsaturated/α-hetero) is 1. The van der Waals surface area contributed by atoms with E-state index < -0.39 is 21.8 Å². The number of esters is 1. The van der Waals surface area contributed by atoms with Crippen molar-refractivity contribution in [3.8, 4) is 0 Å². The first-order valence-electron chi connectivity index (χ1n) is 7.53. The Labute approximate surface area is 141 Å². The molecule has 0 spiro atoms. The summed E-state index contributed by atoms with van der Waals surface area (Å²) in [4.78, 5) is 24.1. The number of benzene rings is 1. The molecule has 0 atom stereocenters. The topological polar surface area (TPSA) is 80.8 Å². The van der Waals surface area contributed by atoms with Gasteiger partial charge >= 0.3 is 5.97 Å². The second-order valence-corrected chi connectivity index (χ2v) is 7.11. The number of rotatable bonds is 6. The fraction of sp³-hybridized carbons (Fsp3) is 0.294. The van der Waals surface area contributed by atoms with E-state index in [1.165, 1.54) is 25.1 Å². The van der Waals surface area contributed by atoms with Gasteiger partial charge in [-0.05, 0) is 18.6 Å². The van der Waals surface area contributed by atoms with Gasteiger partial charge in [0.25, 0.3) is 10.0 Å². The highest BCUT2D eigenvalue weighted by Crippen LogP contribution is 2.37. The summed E-state index contributed by atoms with van der Waals surface area (Å²) in [6.45, 7) is 6.50. The fourth-order valence-corrected chi connectivity index (χ4v) is 4.15. The van der Waals surface area contributed by atoms with E-state index in [0.29, 0.717) is 6.42 Å². The minimum Gasteiger partial charge on any atom is -0.423 e. The molecule has 0 N–H and O–H groups in total. The maximum Gasteiger partial charge on any atom is 0.311 e. The lowest BCUT2D eigenvalue weighted by Gasteiger charge is -2.31. The molecule has 1 aliphatic heterocycles. The molecule has 0 radical (unpaired) electrons. The van der Waals surface area contributed by atoms with Crippen LogP contribution in [-0.2, 0) is 24.3 Å². The molecule has 24 heavy (non-hydrogen) atoms. The molecular formula is C17H19NO5S. The lowest BCUT2D eigenvalue weighted by atomic mass is 10.1. The summed E-state index contributed by atoms with van der Waals surface area (Å²) in [7, 11) is -3.93. The maximum atomic E-state index is 12.8. The van der Waals surface area contributed by atoms with Gasteiger partial charge in [-0.1, -0.05) is 25.1 Å². The highest BCUT2D eigenvalue weighted by Gasteiger charge is 2.39. The quantitative estimate of drug-likeness (QED) is 0.582. The van der Waals surface area contributed by atoms with Crippen molar-refractivity contribution in [3.63, 3.8) is 0 Å². The summed E-state index contributed by atoms with van der Waals surface area (Å²) < 4.78 is 31.9. The molecule has 6 nitrogen and oxygen atoms in total. The van der Waals surface area contributed by atoms with Crippen LogP contribution in [0, 0.1) is 0 Å². The van der Waals surface area contributed by atoms with Gasteiger partial charge in [-0.3, -0.25) is 13.9 Å². The third-order valence-corrected chi connectivity index (χ3v) is 5.29. The Kier molecular flexibility index (Phi) is 5.23. The van der Waals surface area contributed by atoms with Gasteiger partial charge in [0.15, 0.2) is 11.5 Å². The van der Waals surface area contributed by atoms with Gasteiger partial charge in [0.05, 0.1) is 11.4 Å². The highest BCUT2D eigenvalue weighted by molar-refractivity contribution is 7.89. The summed E-state index contributed by atoms with van der Waals surface area (Å²) >= 11 is 0. The van der Waals surface area contributed by atoms with E-state index in [2.05, 4.69) is 6.58 Å². The minimum atomic E-state index is -3.93. The molecule has 0 fully saturated rings. The van der Waals surface area contributed by atoms with Gasteiger partial charge in [-0.25, -0.2) is 8.42 Å². The number of hydrogen-bond donors (Lipinski definition) is 0. The standard InChI is InChI=1S/C17H19NO5S/c1-4-8-15(20)23-17-13-9-6-7-10-14(13)24(21,22)18(11-5-2)16(17)12(3)19/h5-7,9-10H,2,4,8,11H2,1,3H3. The summed E-state index contributed by atoms with van der Waals surface area (Å²) in [5.41, 5.74) is 0.0607. The SMILES string of the molecule is C=CCN1C(C(C)=O)=C(OC(=O)CCC)c2ccccc2S1(=O)=O. The van der Waals surface area contributed by atoms with E-state index >= 15 is 0 Å². The lowest BCUT2D eigenvalue weighted by molar-refractivity contribution is -0.136. The molecule has 0 saturated heterocycles. The van der Waals surface area contributed by atoms with Crippen molar-refractivity contribution in [1.29, 1.82) is 0 Å². The smallest absolute Gasteiger partial charge is 0.311 e. The summed E-state index contributed by atoms with van der Waals surface area (Å²) in [6, 6.07) is 6.15. The number of nitrogens with zero attached hydrogens (tertiary/aromatic N) is 1. The molecule has 1 aromatic carbocycles. The maximum absolute atomic E-state index is 12.8. The summed E-state index contributed by atoms with van der Waals surface area (Å²) in [5.74, 6) is -1.04. The number of carbonyl (C=O) groups excluding carboxylic acids is 2. The third kappa shape index (κ3) is 3.12.